The first-order valence-electron chi connectivity index (χ1n) is 8.21. The van der Waals surface area contributed by atoms with Crippen LogP contribution in [0.2, 0.25) is 5.15 Å². The highest BCUT2D eigenvalue weighted by Gasteiger charge is 2.41. The van der Waals surface area contributed by atoms with Gasteiger partial charge in [-0.15, -0.1) is 0 Å². The zero-order valence-corrected chi connectivity index (χ0v) is 14.4. The Labute approximate surface area is 146 Å². The van der Waals surface area contributed by atoms with Crippen LogP contribution >= 0.6 is 11.6 Å². The lowest BCUT2D eigenvalue weighted by atomic mass is 10.1. The second kappa shape index (κ2) is 7.36. The van der Waals surface area contributed by atoms with Crippen molar-refractivity contribution in [2.24, 2.45) is 0 Å². The maximum Gasteiger partial charge on any atom is 0.286 e. The number of hydrogen-bond donors (Lipinski definition) is 0. The van der Waals surface area contributed by atoms with Crippen LogP contribution in [-0.4, -0.2) is 45.6 Å². The van der Waals surface area contributed by atoms with Crippen LogP contribution in [0.15, 0.2) is 29.8 Å². The van der Waals surface area contributed by atoms with Crippen molar-refractivity contribution in [2.75, 3.05) is 19.7 Å². The molecule has 2 aliphatic heterocycles. The molecular formula is C16H21ClN4O3. The Morgan fingerprint density at radius 1 is 1.46 bits per heavy atom. The summed E-state index contributed by atoms with van der Waals surface area (Å²) in [5.41, 5.74) is 1.26. The molecule has 130 valence electrons. The van der Waals surface area contributed by atoms with E-state index in [0.717, 1.165) is 25.1 Å². The fourth-order valence-corrected chi connectivity index (χ4v) is 3.36. The van der Waals surface area contributed by atoms with E-state index in [0.29, 0.717) is 37.0 Å². The van der Waals surface area contributed by atoms with Crippen molar-refractivity contribution in [1.82, 2.24) is 14.8 Å². The summed E-state index contributed by atoms with van der Waals surface area (Å²) < 4.78 is 5.90. The number of pyridine rings is 1. The van der Waals surface area contributed by atoms with E-state index in [1.165, 1.54) is 0 Å². The molecule has 0 saturated carbocycles. The van der Waals surface area contributed by atoms with Crippen molar-refractivity contribution < 1.29 is 9.66 Å². The Hall–Kier alpha value is -1.86. The standard InChI is InChI=1S/C16H21ClN4O3/c1-2-9-24-15-6-4-13(21(22)23)16-19(7-8-20(15)16)11-12-3-5-14(17)18-10-12/h3,5,10,15H,2,4,6-9,11H2,1H3. The number of ether oxygens (including phenoxy) is 1. The molecule has 0 amide bonds. The van der Waals surface area contributed by atoms with Gasteiger partial charge in [0.25, 0.3) is 5.70 Å². The molecule has 0 N–H and O–H groups in total. The van der Waals surface area contributed by atoms with Crippen LogP contribution in [0.1, 0.15) is 31.7 Å². The van der Waals surface area contributed by atoms with E-state index in [2.05, 4.69) is 11.9 Å². The molecule has 3 rings (SSSR count). The molecule has 3 heterocycles. The van der Waals surface area contributed by atoms with Crippen molar-refractivity contribution in [3.8, 4) is 0 Å². The van der Waals surface area contributed by atoms with E-state index >= 15 is 0 Å². The van der Waals surface area contributed by atoms with Crippen molar-refractivity contribution in [3.63, 3.8) is 0 Å². The first-order valence-corrected chi connectivity index (χ1v) is 8.59. The van der Waals surface area contributed by atoms with E-state index in [1.807, 2.05) is 15.9 Å². The number of nitro groups is 1. The number of hydrogen-bond acceptors (Lipinski definition) is 6. The van der Waals surface area contributed by atoms with Crippen LogP contribution in [0.25, 0.3) is 0 Å². The highest BCUT2D eigenvalue weighted by atomic mass is 35.5. The molecule has 0 bridgehead atoms. The SMILES string of the molecule is CCCOC1CCC([N+](=O)[O-])=C2N(Cc3ccc(Cl)nc3)CCN21. The molecule has 1 fully saturated rings. The Bertz CT molecular complexity index is 635. The Morgan fingerprint density at radius 2 is 2.29 bits per heavy atom. The molecule has 1 aromatic heterocycles. The molecule has 0 aromatic carbocycles. The van der Waals surface area contributed by atoms with E-state index in [9.17, 15) is 10.1 Å². The lowest BCUT2D eigenvalue weighted by Crippen LogP contribution is -2.40. The smallest absolute Gasteiger partial charge is 0.286 e. The molecule has 1 atom stereocenters. The van der Waals surface area contributed by atoms with Gasteiger partial charge in [-0.2, -0.15) is 0 Å². The van der Waals surface area contributed by atoms with Crippen LogP contribution < -0.4 is 0 Å². The third-order valence-corrected chi connectivity index (χ3v) is 4.54. The van der Waals surface area contributed by atoms with Gasteiger partial charge in [-0.05, 0) is 18.1 Å². The highest BCUT2D eigenvalue weighted by Crippen LogP contribution is 2.34. The zero-order valence-electron chi connectivity index (χ0n) is 13.7. The number of nitrogens with zero attached hydrogens (tertiary/aromatic N) is 4. The summed E-state index contributed by atoms with van der Waals surface area (Å²) in [6, 6.07) is 3.64. The van der Waals surface area contributed by atoms with Gasteiger partial charge in [-0.3, -0.25) is 10.1 Å². The lowest BCUT2D eigenvalue weighted by molar-refractivity contribution is -0.433. The summed E-state index contributed by atoms with van der Waals surface area (Å²) >= 11 is 5.82. The van der Waals surface area contributed by atoms with Crippen LogP contribution in [0, 0.1) is 10.1 Å². The fourth-order valence-electron chi connectivity index (χ4n) is 3.25. The van der Waals surface area contributed by atoms with Crippen LogP contribution in [-0.2, 0) is 11.3 Å². The van der Waals surface area contributed by atoms with Gasteiger partial charge in [0.05, 0.1) is 4.92 Å². The minimum Gasteiger partial charge on any atom is -0.358 e. The Kier molecular flexibility index (Phi) is 5.20. The third-order valence-electron chi connectivity index (χ3n) is 4.31. The van der Waals surface area contributed by atoms with E-state index in [1.54, 1.807) is 12.3 Å². The topological polar surface area (TPSA) is 71.7 Å². The van der Waals surface area contributed by atoms with Gasteiger partial charge < -0.3 is 14.5 Å². The summed E-state index contributed by atoms with van der Waals surface area (Å²) in [5.74, 6) is 0.697. The molecule has 0 radical (unpaired) electrons. The third kappa shape index (κ3) is 3.47. The molecule has 2 aliphatic rings. The maximum atomic E-state index is 11.5. The van der Waals surface area contributed by atoms with Crippen molar-refractivity contribution in [3.05, 3.63) is 50.7 Å². The summed E-state index contributed by atoms with van der Waals surface area (Å²) in [5, 5.41) is 11.9. The Balaban J connectivity index is 1.83. The van der Waals surface area contributed by atoms with E-state index in [-0.39, 0.29) is 16.8 Å². The average molecular weight is 353 g/mol. The summed E-state index contributed by atoms with van der Waals surface area (Å²) in [6.45, 7) is 4.78. The molecule has 1 aromatic rings. The van der Waals surface area contributed by atoms with Crippen molar-refractivity contribution >= 4 is 11.6 Å². The van der Waals surface area contributed by atoms with E-state index in [4.69, 9.17) is 16.3 Å². The molecular weight excluding hydrogens is 332 g/mol. The van der Waals surface area contributed by atoms with Gasteiger partial charge in [0.1, 0.15) is 11.4 Å². The minimum absolute atomic E-state index is 0.0722. The molecule has 1 saturated heterocycles. The van der Waals surface area contributed by atoms with Gasteiger partial charge in [0, 0.05) is 45.3 Å². The quantitative estimate of drug-likeness (QED) is 0.445. The first kappa shape index (κ1) is 17.0. The maximum absolute atomic E-state index is 11.5. The predicted molar refractivity (Wildman–Crippen MR) is 89.6 cm³/mol. The lowest BCUT2D eigenvalue weighted by Gasteiger charge is -2.34. The predicted octanol–water partition coefficient (Wildman–Crippen LogP) is 2.84. The monoisotopic (exact) mass is 352 g/mol. The summed E-state index contributed by atoms with van der Waals surface area (Å²) in [7, 11) is 0. The van der Waals surface area contributed by atoms with Gasteiger partial charge in [0.2, 0.25) is 0 Å². The van der Waals surface area contributed by atoms with E-state index < -0.39 is 0 Å². The van der Waals surface area contributed by atoms with Crippen LogP contribution in [0.4, 0.5) is 0 Å². The summed E-state index contributed by atoms with van der Waals surface area (Å²) in [6.07, 6.45) is 3.67. The molecule has 24 heavy (non-hydrogen) atoms. The van der Waals surface area contributed by atoms with Gasteiger partial charge in [-0.25, -0.2) is 4.98 Å². The molecule has 1 unspecified atom stereocenters. The second-order valence-electron chi connectivity index (χ2n) is 6.00. The largest absolute Gasteiger partial charge is 0.358 e. The number of aromatic nitrogens is 1. The number of halogens is 1. The van der Waals surface area contributed by atoms with Crippen molar-refractivity contribution in [1.29, 1.82) is 0 Å². The minimum atomic E-state index is -0.253. The number of fused-ring (bicyclic) bond motifs is 1. The highest BCUT2D eigenvalue weighted by molar-refractivity contribution is 6.29. The van der Waals surface area contributed by atoms with Gasteiger partial charge >= 0.3 is 0 Å². The number of rotatable bonds is 6. The first-order chi connectivity index (χ1) is 11.6. The molecule has 8 heteroatoms. The van der Waals surface area contributed by atoms with Gasteiger partial charge in [0.15, 0.2) is 5.82 Å². The average Bonchev–Trinajstić information content (AvgIpc) is 2.98. The summed E-state index contributed by atoms with van der Waals surface area (Å²) in [4.78, 5) is 19.4. The number of allylic oxidation sites excluding steroid dienone is 1. The van der Waals surface area contributed by atoms with Crippen LogP contribution in [0.3, 0.4) is 0 Å². The molecule has 7 nitrogen and oxygen atoms in total. The van der Waals surface area contributed by atoms with Gasteiger partial charge in [-0.1, -0.05) is 24.6 Å². The van der Waals surface area contributed by atoms with Crippen LogP contribution in [0.5, 0.6) is 0 Å². The van der Waals surface area contributed by atoms with Crippen molar-refractivity contribution in [2.45, 2.75) is 39.0 Å². The fraction of sp³-hybridized carbons (Fsp3) is 0.562. The normalized spacial score (nSPS) is 20.5. The molecule has 0 spiro atoms. The zero-order chi connectivity index (χ0) is 17.1. The second-order valence-corrected chi connectivity index (χ2v) is 6.38. The molecule has 0 aliphatic carbocycles. The Morgan fingerprint density at radius 3 is 2.96 bits per heavy atom.